The number of carboxylic acids is 1. The maximum Gasteiger partial charge on any atom is 0.387 e. The minimum Gasteiger partial charge on any atom is -0.480 e. The largest absolute Gasteiger partial charge is 0.480 e. The zero-order chi connectivity index (χ0) is 15.0. The number of hydrogen-bond donors (Lipinski definition) is 1. The number of carbonyl (C=O) groups is 1. The van der Waals surface area contributed by atoms with Crippen LogP contribution in [0.1, 0.15) is 12.8 Å². The lowest BCUT2D eigenvalue weighted by Crippen LogP contribution is -2.35. The minimum atomic E-state index is -2.90. The summed E-state index contributed by atoms with van der Waals surface area (Å²) in [5, 5.41) is 9.73. The van der Waals surface area contributed by atoms with E-state index in [1.165, 1.54) is 17.4 Å². The summed E-state index contributed by atoms with van der Waals surface area (Å²) in [6.07, 6.45) is 1.33. The van der Waals surface area contributed by atoms with Gasteiger partial charge in [-0.05, 0) is 25.0 Å². The Hall–Kier alpha value is -1.96. The predicted molar refractivity (Wildman–Crippen MR) is 74.3 cm³/mol. The summed E-state index contributed by atoms with van der Waals surface area (Å²) < 4.78 is 29.8. The fourth-order valence-corrected chi connectivity index (χ4v) is 3.57. The molecule has 0 unspecified atom stereocenters. The van der Waals surface area contributed by atoms with Crippen LogP contribution in [0.5, 0.6) is 5.75 Å². The Bertz CT molecular complexity index is 676. The van der Waals surface area contributed by atoms with E-state index < -0.39 is 18.6 Å². The van der Waals surface area contributed by atoms with Crippen molar-refractivity contribution in [3.63, 3.8) is 0 Å². The first-order chi connectivity index (χ1) is 10.1. The lowest BCUT2D eigenvalue weighted by Gasteiger charge is -2.19. The van der Waals surface area contributed by atoms with Crippen LogP contribution in [0.15, 0.2) is 18.2 Å². The fourth-order valence-electron chi connectivity index (χ4n) is 2.48. The molecule has 0 radical (unpaired) electrons. The molecule has 0 spiro atoms. The summed E-state index contributed by atoms with van der Waals surface area (Å²) in [4.78, 5) is 17.3. The van der Waals surface area contributed by atoms with Crippen molar-refractivity contribution in [2.45, 2.75) is 25.5 Å². The average Bonchev–Trinajstić information content (AvgIpc) is 3.04. The molecule has 5 nitrogen and oxygen atoms in total. The lowest BCUT2D eigenvalue weighted by molar-refractivity contribution is -0.138. The first kappa shape index (κ1) is 14.0. The Morgan fingerprint density at radius 3 is 3.05 bits per heavy atom. The van der Waals surface area contributed by atoms with Gasteiger partial charge < -0.3 is 14.7 Å². The first-order valence-electron chi connectivity index (χ1n) is 6.40. The smallest absolute Gasteiger partial charge is 0.387 e. The van der Waals surface area contributed by atoms with E-state index in [4.69, 9.17) is 0 Å². The molecule has 1 saturated heterocycles. The second kappa shape index (κ2) is 5.44. The number of nitrogens with zero attached hydrogens (tertiary/aromatic N) is 2. The molecule has 2 heterocycles. The first-order valence-corrected chi connectivity index (χ1v) is 7.21. The molecule has 112 valence electrons. The number of alkyl halides is 2. The molecule has 0 saturated carbocycles. The van der Waals surface area contributed by atoms with E-state index in [-0.39, 0.29) is 5.75 Å². The van der Waals surface area contributed by atoms with E-state index in [1.807, 2.05) is 0 Å². The van der Waals surface area contributed by atoms with Crippen molar-refractivity contribution in [1.82, 2.24) is 4.98 Å². The molecule has 3 rings (SSSR count). The molecule has 0 aliphatic carbocycles. The van der Waals surface area contributed by atoms with Crippen LogP contribution < -0.4 is 9.64 Å². The van der Waals surface area contributed by atoms with Gasteiger partial charge in [0.15, 0.2) is 5.13 Å². The molecule has 21 heavy (non-hydrogen) atoms. The summed E-state index contributed by atoms with van der Waals surface area (Å²) in [5.74, 6) is -0.826. The summed E-state index contributed by atoms with van der Waals surface area (Å²) in [6.45, 7) is -2.30. The van der Waals surface area contributed by atoms with E-state index >= 15 is 0 Å². The van der Waals surface area contributed by atoms with Gasteiger partial charge in [-0.3, -0.25) is 0 Å². The van der Waals surface area contributed by atoms with Crippen LogP contribution in [0.2, 0.25) is 0 Å². The number of thiazole rings is 1. The van der Waals surface area contributed by atoms with Crippen LogP contribution in [-0.4, -0.2) is 35.3 Å². The van der Waals surface area contributed by atoms with Crippen molar-refractivity contribution in [1.29, 1.82) is 0 Å². The molecular formula is C13H12F2N2O3S. The normalized spacial score (nSPS) is 18.6. The molecule has 0 amide bonds. The lowest BCUT2D eigenvalue weighted by atomic mass is 10.2. The Kier molecular flexibility index (Phi) is 3.62. The summed E-state index contributed by atoms with van der Waals surface area (Å²) in [5.41, 5.74) is 0.532. The van der Waals surface area contributed by atoms with Gasteiger partial charge in [-0.2, -0.15) is 8.78 Å². The summed E-state index contributed by atoms with van der Waals surface area (Å²) in [6, 6.07) is 4.13. The highest BCUT2D eigenvalue weighted by molar-refractivity contribution is 7.22. The molecule has 1 N–H and O–H groups in total. The Balaban J connectivity index is 1.99. The Morgan fingerprint density at radius 1 is 1.52 bits per heavy atom. The van der Waals surface area contributed by atoms with Gasteiger partial charge in [0.05, 0.1) is 10.2 Å². The molecule has 1 aliphatic rings. The van der Waals surface area contributed by atoms with Gasteiger partial charge in [-0.25, -0.2) is 9.78 Å². The third kappa shape index (κ3) is 2.63. The van der Waals surface area contributed by atoms with Crippen LogP contribution >= 0.6 is 11.3 Å². The number of fused-ring (bicyclic) bond motifs is 1. The van der Waals surface area contributed by atoms with E-state index in [9.17, 15) is 18.7 Å². The zero-order valence-corrected chi connectivity index (χ0v) is 11.6. The van der Waals surface area contributed by atoms with Crippen LogP contribution in [0.3, 0.4) is 0 Å². The second-order valence-electron chi connectivity index (χ2n) is 4.67. The number of halogens is 2. The maximum atomic E-state index is 12.4. The zero-order valence-electron chi connectivity index (χ0n) is 10.8. The van der Waals surface area contributed by atoms with E-state index in [0.29, 0.717) is 28.3 Å². The second-order valence-corrected chi connectivity index (χ2v) is 5.65. The number of ether oxygens (including phenoxy) is 1. The monoisotopic (exact) mass is 314 g/mol. The van der Waals surface area contributed by atoms with Crippen molar-refractivity contribution in [3.8, 4) is 5.75 Å². The van der Waals surface area contributed by atoms with Gasteiger partial charge in [0.25, 0.3) is 0 Å². The van der Waals surface area contributed by atoms with Crippen LogP contribution in [0.25, 0.3) is 10.2 Å². The van der Waals surface area contributed by atoms with E-state index in [1.54, 1.807) is 17.0 Å². The van der Waals surface area contributed by atoms with Crippen molar-refractivity contribution in [3.05, 3.63) is 18.2 Å². The molecule has 1 aliphatic heterocycles. The summed E-state index contributed by atoms with van der Waals surface area (Å²) in [7, 11) is 0. The number of carboxylic acid groups (broad SMARTS) is 1. The molecule has 8 heteroatoms. The number of anilines is 1. The highest BCUT2D eigenvalue weighted by Crippen LogP contribution is 2.38. The molecular weight excluding hydrogens is 302 g/mol. The third-order valence-electron chi connectivity index (χ3n) is 3.37. The van der Waals surface area contributed by atoms with Crippen molar-refractivity contribution < 1.29 is 23.4 Å². The van der Waals surface area contributed by atoms with Crippen LogP contribution in [0.4, 0.5) is 13.9 Å². The van der Waals surface area contributed by atoms with Crippen molar-refractivity contribution in [2.24, 2.45) is 0 Å². The molecule has 1 aromatic heterocycles. The van der Waals surface area contributed by atoms with E-state index in [0.717, 1.165) is 6.42 Å². The Morgan fingerprint density at radius 2 is 2.33 bits per heavy atom. The number of aromatic nitrogens is 1. The topological polar surface area (TPSA) is 62.7 Å². The highest BCUT2D eigenvalue weighted by Gasteiger charge is 2.32. The van der Waals surface area contributed by atoms with Crippen molar-refractivity contribution >= 4 is 32.7 Å². The molecule has 2 aromatic rings. The average molecular weight is 314 g/mol. The quantitative estimate of drug-likeness (QED) is 0.940. The van der Waals surface area contributed by atoms with E-state index in [2.05, 4.69) is 9.72 Å². The van der Waals surface area contributed by atoms with Crippen molar-refractivity contribution in [2.75, 3.05) is 11.4 Å². The molecule has 0 bridgehead atoms. The minimum absolute atomic E-state index is 0.0670. The standard InChI is InChI=1S/C13H12F2N2O3S/c14-12(15)20-9-5-1-3-7-10(9)21-13(16-7)17-6-2-4-8(17)11(18)19/h1,3,5,8,12H,2,4,6H2,(H,18,19)/t8-/m0/s1. The van der Waals surface area contributed by atoms with Crippen LogP contribution in [-0.2, 0) is 4.79 Å². The predicted octanol–water partition coefficient (Wildman–Crippen LogP) is 2.95. The Labute approximate surface area is 122 Å². The van der Waals surface area contributed by atoms with Gasteiger partial charge >= 0.3 is 12.6 Å². The molecule has 1 atom stereocenters. The van der Waals surface area contributed by atoms with Gasteiger partial charge in [0.1, 0.15) is 11.8 Å². The number of rotatable bonds is 4. The highest BCUT2D eigenvalue weighted by atomic mass is 32.1. The van der Waals surface area contributed by atoms with Gasteiger partial charge in [0.2, 0.25) is 0 Å². The van der Waals surface area contributed by atoms with Gasteiger partial charge in [0, 0.05) is 6.54 Å². The fraction of sp³-hybridized carbons (Fsp3) is 0.385. The third-order valence-corrected chi connectivity index (χ3v) is 4.49. The maximum absolute atomic E-state index is 12.4. The number of hydrogen-bond acceptors (Lipinski definition) is 5. The van der Waals surface area contributed by atoms with Gasteiger partial charge in [-0.15, -0.1) is 0 Å². The SMILES string of the molecule is O=C(O)[C@@H]1CCCN1c1nc2cccc(OC(F)F)c2s1. The van der Waals surface area contributed by atoms with Crippen LogP contribution in [0, 0.1) is 0 Å². The summed E-state index contributed by atoms with van der Waals surface area (Å²) >= 11 is 1.18. The van der Waals surface area contributed by atoms with Gasteiger partial charge in [-0.1, -0.05) is 17.4 Å². The number of benzene rings is 1. The molecule has 1 fully saturated rings. The molecule has 1 aromatic carbocycles. The number of aliphatic carboxylic acids is 1.